The molecule has 0 N–H and O–H groups in total. The van der Waals surface area contributed by atoms with Crippen LogP contribution in [0, 0.1) is 5.92 Å². The maximum absolute atomic E-state index is 13.2. The molecule has 3 heterocycles. The summed E-state index contributed by atoms with van der Waals surface area (Å²) in [5.74, 6) is 0.187. The monoisotopic (exact) mass is 417 g/mol. The summed E-state index contributed by atoms with van der Waals surface area (Å²) in [6, 6.07) is 7.33. The number of amides is 1. The largest absolute Gasteiger partial charge is 0.348 e. The number of rotatable bonds is 4. The first-order valence-electron chi connectivity index (χ1n) is 10.9. The molecule has 0 radical (unpaired) electrons. The molecule has 2 aliphatic rings. The van der Waals surface area contributed by atoms with Gasteiger partial charge in [-0.2, -0.15) is 4.31 Å². The second-order valence-corrected chi connectivity index (χ2v) is 10.2. The molecule has 0 unspecified atom stereocenters. The number of likely N-dealkylation sites (tertiary alicyclic amines) is 1. The number of hydrogen-bond acceptors (Lipinski definition) is 3. The van der Waals surface area contributed by atoms with E-state index in [-0.39, 0.29) is 11.8 Å². The van der Waals surface area contributed by atoms with Crippen LogP contribution in [-0.4, -0.2) is 54.3 Å². The van der Waals surface area contributed by atoms with E-state index < -0.39 is 10.0 Å². The van der Waals surface area contributed by atoms with E-state index in [0.717, 1.165) is 43.4 Å². The van der Waals surface area contributed by atoms with Crippen LogP contribution >= 0.6 is 0 Å². The molecule has 158 valence electrons. The third kappa shape index (κ3) is 4.08. The van der Waals surface area contributed by atoms with E-state index in [4.69, 9.17) is 0 Å². The minimum Gasteiger partial charge on any atom is -0.348 e. The van der Waals surface area contributed by atoms with Gasteiger partial charge < -0.3 is 9.47 Å². The van der Waals surface area contributed by atoms with Gasteiger partial charge in [-0.3, -0.25) is 4.79 Å². The lowest BCUT2D eigenvalue weighted by atomic mass is 9.96. The van der Waals surface area contributed by atoms with Crippen LogP contribution in [0.5, 0.6) is 0 Å². The molecule has 2 saturated heterocycles. The van der Waals surface area contributed by atoms with Crippen molar-refractivity contribution in [1.29, 1.82) is 0 Å². The van der Waals surface area contributed by atoms with Crippen LogP contribution in [0.25, 0.3) is 10.9 Å². The van der Waals surface area contributed by atoms with Gasteiger partial charge in [-0.25, -0.2) is 8.42 Å². The summed E-state index contributed by atoms with van der Waals surface area (Å²) in [4.78, 5) is 15.2. The van der Waals surface area contributed by atoms with Gasteiger partial charge in [-0.1, -0.05) is 12.8 Å². The third-order valence-electron chi connectivity index (χ3n) is 6.44. The van der Waals surface area contributed by atoms with Gasteiger partial charge in [0.05, 0.1) is 4.90 Å². The Labute approximate surface area is 173 Å². The van der Waals surface area contributed by atoms with E-state index in [1.807, 2.05) is 23.2 Å². The Morgan fingerprint density at radius 1 is 1.00 bits per heavy atom. The van der Waals surface area contributed by atoms with Crippen molar-refractivity contribution >= 4 is 26.8 Å². The number of hydrogen-bond donors (Lipinski definition) is 0. The number of fused-ring (bicyclic) bond motifs is 1. The van der Waals surface area contributed by atoms with Gasteiger partial charge in [0, 0.05) is 55.7 Å². The fourth-order valence-electron chi connectivity index (χ4n) is 4.66. The molecule has 0 aliphatic carbocycles. The smallest absolute Gasteiger partial charge is 0.243 e. The molecular weight excluding hydrogens is 386 g/mol. The summed E-state index contributed by atoms with van der Waals surface area (Å²) >= 11 is 0. The average molecular weight is 418 g/mol. The standard InChI is InChI=1S/C22H31N3O3S/c1-2-23-14-9-19-17-20(7-8-21(19)23)29(27,28)25-15-10-18(11-16-25)22(26)24-12-5-3-4-6-13-24/h7-9,14,17-18H,2-6,10-13,15-16H2,1H3. The van der Waals surface area contributed by atoms with E-state index in [1.165, 1.54) is 12.8 Å². The van der Waals surface area contributed by atoms with Crippen LogP contribution in [0.4, 0.5) is 0 Å². The Morgan fingerprint density at radius 2 is 1.69 bits per heavy atom. The minimum atomic E-state index is -3.53. The highest BCUT2D eigenvalue weighted by atomic mass is 32.2. The van der Waals surface area contributed by atoms with Gasteiger partial charge in [-0.15, -0.1) is 0 Å². The SMILES string of the molecule is CCn1ccc2cc(S(=O)(=O)N3CCC(C(=O)N4CCCCCC4)CC3)ccc21. The van der Waals surface area contributed by atoms with Crippen molar-refractivity contribution in [3.8, 4) is 0 Å². The molecule has 1 aromatic heterocycles. The molecule has 6 nitrogen and oxygen atoms in total. The quantitative estimate of drug-likeness (QED) is 0.765. The first kappa shape index (κ1) is 20.4. The van der Waals surface area contributed by atoms with Crippen LogP contribution in [0.1, 0.15) is 45.4 Å². The molecule has 1 aromatic carbocycles. The first-order chi connectivity index (χ1) is 14.0. The Kier molecular flexibility index (Phi) is 5.97. The van der Waals surface area contributed by atoms with Gasteiger partial charge in [0.15, 0.2) is 0 Å². The summed E-state index contributed by atoms with van der Waals surface area (Å²) in [6.45, 7) is 5.47. The van der Waals surface area contributed by atoms with Crippen molar-refractivity contribution in [3.63, 3.8) is 0 Å². The molecule has 0 spiro atoms. The second kappa shape index (κ2) is 8.48. The van der Waals surface area contributed by atoms with E-state index in [9.17, 15) is 13.2 Å². The van der Waals surface area contributed by atoms with Gasteiger partial charge in [0.2, 0.25) is 15.9 Å². The molecule has 7 heteroatoms. The zero-order chi connectivity index (χ0) is 20.4. The van der Waals surface area contributed by atoms with Crippen LogP contribution in [0.3, 0.4) is 0 Å². The molecule has 0 saturated carbocycles. The maximum atomic E-state index is 13.2. The molecule has 29 heavy (non-hydrogen) atoms. The highest BCUT2D eigenvalue weighted by Crippen LogP contribution is 2.28. The first-order valence-corrected chi connectivity index (χ1v) is 12.3. The molecule has 2 aliphatic heterocycles. The van der Waals surface area contributed by atoms with Crippen molar-refractivity contribution in [2.75, 3.05) is 26.2 Å². The summed E-state index contributed by atoms with van der Waals surface area (Å²) in [6.07, 6.45) is 7.79. The zero-order valence-electron chi connectivity index (χ0n) is 17.2. The second-order valence-electron chi connectivity index (χ2n) is 8.24. The van der Waals surface area contributed by atoms with Gasteiger partial charge in [0.25, 0.3) is 0 Å². The predicted octanol–water partition coefficient (Wildman–Crippen LogP) is 3.46. The Morgan fingerprint density at radius 3 is 2.34 bits per heavy atom. The topological polar surface area (TPSA) is 62.6 Å². The Bertz CT molecular complexity index is 966. The molecule has 4 rings (SSSR count). The van der Waals surface area contributed by atoms with E-state index in [0.29, 0.717) is 30.8 Å². The number of aromatic nitrogens is 1. The molecule has 2 aromatic rings. The van der Waals surface area contributed by atoms with Crippen molar-refractivity contribution in [2.24, 2.45) is 5.92 Å². The number of carbonyl (C=O) groups is 1. The predicted molar refractivity (Wildman–Crippen MR) is 114 cm³/mol. The highest BCUT2D eigenvalue weighted by molar-refractivity contribution is 7.89. The molecule has 0 bridgehead atoms. The summed E-state index contributed by atoms with van der Waals surface area (Å²) < 4.78 is 30.0. The van der Waals surface area contributed by atoms with Crippen LogP contribution in [0.2, 0.25) is 0 Å². The fourth-order valence-corrected chi connectivity index (χ4v) is 6.16. The summed E-state index contributed by atoms with van der Waals surface area (Å²) in [5, 5.41) is 0.944. The van der Waals surface area contributed by atoms with Gasteiger partial charge in [-0.05, 0) is 56.9 Å². The minimum absolute atomic E-state index is 0.0411. The van der Waals surface area contributed by atoms with E-state index in [1.54, 1.807) is 16.4 Å². The number of nitrogens with zero attached hydrogens (tertiary/aromatic N) is 3. The van der Waals surface area contributed by atoms with Crippen molar-refractivity contribution in [1.82, 2.24) is 13.8 Å². The van der Waals surface area contributed by atoms with Crippen LogP contribution in [0.15, 0.2) is 35.4 Å². The van der Waals surface area contributed by atoms with Crippen molar-refractivity contribution in [2.45, 2.75) is 56.9 Å². The molecule has 0 atom stereocenters. The van der Waals surface area contributed by atoms with Crippen molar-refractivity contribution in [3.05, 3.63) is 30.5 Å². The number of aryl methyl sites for hydroxylation is 1. The summed E-state index contributed by atoms with van der Waals surface area (Å²) in [7, 11) is -3.53. The average Bonchev–Trinajstić information content (AvgIpc) is 2.96. The maximum Gasteiger partial charge on any atom is 0.243 e. The third-order valence-corrected chi connectivity index (χ3v) is 8.34. The normalized spacial score (nSPS) is 20.1. The van der Waals surface area contributed by atoms with Gasteiger partial charge >= 0.3 is 0 Å². The number of piperidine rings is 1. The zero-order valence-corrected chi connectivity index (χ0v) is 18.0. The lowest BCUT2D eigenvalue weighted by Gasteiger charge is -2.33. The lowest BCUT2D eigenvalue weighted by Crippen LogP contribution is -2.44. The van der Waals surface area contributed by atoms with E-state index >= 15 is 0 Å². The number of sulfonamides is 1. The highest BCUT2D eigenvalue weighted by Gasteiger charge is 2.34. The number of carbonyl (C=O) groups excluding carboxylic acids is 1. The Hall–Kier alpha value is -1.86. The van der Waals surface area contributed by atoms with Crippen LogP contribution in [-0.2, 0) is 21.4 Å². The fraction of sp³-hybridized carbons (Fsp3) is 0.591. The van der Waals surface area contributed by atoms with Crippen molar-refractivity contribution < 1.29 is 13.2 Å². The van der Waals surface area contributed by atoms with Gasteiger partial charge in [0.1, 0.15) is 0 Å². The van der Waals surface area contributed by atoms with Crippen LogP contribution < -0.4 is 0 Å². The number of benzene rings is 1. The summed E-state index contributed by atoms with van der Waals surface area (Å²) in [5.41, 5.74) is 1.05. The molecular formula is C22H31N3O3S. The Balaban J connectivity index is 1.44. The molecule has 1 amide bonds. The van der Waals surface area contributed by atoms with E-state index in [2.05, 4.69) is 11.5 Å². The lowest BCUT2D eigenvalue weighted by molar-refractivity contribution is -0.136. The molecule has 2 fully saturated rings.